The molecule has 0 aromatic heterocycles. The third-order valence-electron chi connectivity index (χ3n) is 2.87. The smallest absolute Gasteiger partial charge is 0.125 e. The van der Waals surface area contributed by atoms with E-state index in [0.717, 1.165) is 18.5 Å². The van der Waals surface area contributed by atoms with Crippen molar-refractivity contribution >= 4 is 17.3 Å². The van der Waals surface area contributed by atoms with Gasteiger partial charge in [0.15, 0.2) is 0 Å². The molecule has 0 aliphatic heterocycles. The predicted octanol–water partition coefficient (Wildman–Crippen LogP) is 3.44. The molecule has 15 heavy (non-hydrogen) atoms. The molecule has 1 atom stereocenters. The van der Waals surface area contributed by atoms with Crippen LogP contribution in [-0.2, 0) is 0 Å². The first-order valence-corrected chi connectivity index (χ1v) is 5.47. The molecule has 1 saturated carbocycles. The predicted molar refractivity (Wildman–Crippen MR) is 61.8 cm³/mol. The zero-order valence-electron chi connectivity index (χ0n) is 8.63. The lowest BCUT2D eigenvalue weighted by Crippen LogP contribution is -2.35. The van der Waals surface area contributed by atoms with Crippen LogP contribution in [0.3, 0.4) is 0 Å². The van der Waals surface area contributed by atoms with Gasteiger partial charge < -0.3 is 5.32 Å². The number of hydrogen-bond acceptors (Lipinski definition) is 2. The van der Waals surface area contributed by atoms with Gasteiger partial charge in [-0.1, -0.05) is 11.6 Å². The van der Waals surface area contributed by atoms with Gasteiger partial charge in [0.1, 0.15) is 5.54 Å². The largest absolute Gasteiger partial charge is 0.367 e. The minimum absolute atomic E-state index is 0.437. The van der Waals surface area contributed by atoms with Crippen LogP contribution in [0.4, 0.5) is 5.69 Å². The molecule has 1 aromatic carbocycles. The van der Waals surface area contributed by atoms with Crippen molar-refractivity contribution in [3.05, 3.63) is 29.3 Å². The average Bonchev–Trinajstić information content (AvgIpc) is 3.05. The van der Waals surface area contributed by atoms with Gasteiger partial charge in [-0.25, -0.2) is 0 Å². The highest BCUT2D eigenvalue weighted by Gasteiger charge is 2.41. The summed E-state index contributed by atoms with van der Waals surface area (Å²) in [5.74, 6) is 0.484. The van der Waals surface area contributed by atoms with Crippen LogP contribution < -0.4 is 5.32 Å². The van der Waals surface area contributed by atoms with Gasteiger partial charge >= 0.3 is 0 Å². The summed E-state index contributed by atoms with van der Waals surface area (Å²) in [5.41, 5.74) is 0.517. The number of anilines is 1. The van der Waals surface area contributed by atoms with Crippen molar-refractivity contribution in [3.63, 3.8) is 0 Å². The maximum atomic E-state index is 9.17. The summed E-state index contributed by atoms with van der Waals surface area (Å²) in [7, 11) is 0. The monoisotopic (exact) mass is 220 g/mol. The maximum Gasteiger partial charge on any atom is 0.125 e. The van der Waals surface area contributed by atoms with Crippen LogP contribution in [0.1, 0.15) is 19.8 Å². The Kier molecular flexibility index (Phi) is 2.58. The number of nitrogens with one attached hydrogen (secondary N) is 1. The summed E-state index contributed by atoms with van der Waals surface area (Å²) in [6, 6.07) is 9.82. The second-order valence-corrected chi connectivity index (χ2v) is 4.66. The van der Waals surface area contributed by atoms with Crippen LogP contribution in [-0.4, -0.2) is 5.54 Å². The van der Waals surface area contributed by atoms with Crippen molar-refractivity contribution < 1.29 is 0 Å². The molecule has 0 amide bonds. The van der Waals surface area contributed by atoms with E-state index >= 15 is 0 Å². The fourth-order valence-electron chi connectivity index (χ4n) is 1.72. The second kappa shape index (κ2) is 3.75. The lowest BCUT2D eigenvalue weighted by atomic mass is 9.97. The highest BCUT2D eigenvalue weighted by atomic mass is 35.5. The van der Waals surface area contributed by atoms with E-state index in [-0.39, 0.29) is 0 Å². The number of nitriles is 1. The minimum atomic E-state index is -0.437. The van der Waals surface area contributed by atoms with Crippen molar-refractivity contribution in [1.29, 1.82) is 5.26 Å². The van der Waals surface area contributed by atoms with Crippen molar-refractivity contribution in [2.75, 3.05) is 5.32 Å². The zero-order valence-corrected chi connectivity index (χ0v) is 9.38. The van der Waals surface area contributed by atoms with E-state index in [0.29, 0.717) is 10.9 Å². The van der Waals surface area contributed by atoms with Gasteiger partial charge in [-0.15, -0.1) is 0 Å². The molecule has 78 valence electrons. The van der Waals surface area contributed by atoms with Crippen LogP contribution >= 0.6 is 11.6 Å². The molecule has 0 saturated heterocycles. The summed E-state index contributed by atoms with van der Waals surface area (Å²) in [5, 5.41) is 13.2. The Morgan fingerprint density at radius 2 is 2.00 bits per heavy atom. The fraction of sp³-hybridized carbons (Fsp3) is 0.417. The van der Waals surface area contributed by atoms with E-state index in [1.807, 2.05) is 31.2 Å². The van der Waals surface area contributed by atoms with Gasteiger partial charge in [0, 0.05) is 10.7 Å². The Hall–Kier alpha value is -1.20. The summed E-state index contributed by atoms with van der Waals surface area (Å²) < 4.78 is 0. The first-order valence-electron chi connectivity index (χ1n) is 5.09. The Bertz CT molecular complexity index is 389. The van der Waals surface area contributed by atoms with E-state index in [4.69, 9.17) is 11.6 Å². The third-order valence-corrected chi connectivity index (χ3v) is 3.13. The van der Waals surface area contributed by atoms with Gasteiger partial charge in [0.25, 0.3) is 0 Å². The molecule has 2 rings (SSSR count). The first kappa shape index (κ1) is 10.3. The molecule has 1 N–H and O–H groups in total. The van der Waals surface area contributed by atoms with Gasteiger partial charge in [0.2, 0.25) is 0 Å². The minimum Gasteiger partial charge on any atom is -0.367 e. The van der Waals surface area contributed by atoms with E-state index in [9.17, 15) is 5.26 Å². The van der Waals surface area contributed by atoms with Crippen LogP contribution in [0.15, 0.2) is 24.3 Å². The molecule has 0 spiro atoms. The standard InChI is InChI=1S/C12H13ClN2/c1-12(8-14,9-2-3-9)15-11-6-4-10(13)5-7-11/h4-7,9,15H,2-3H2,1H3. The summed E-state index contributed by atoms with van der Waals surface area (Å²) in [4.78, 5) is 0. The molecule has 1 fully saturated rings. The molecular weight excluding hydrogens is 208 g/mol. The maximum absolute atomic E-state index is 9.17. The lowest BCUT2D eigenvalue weighted by molar-refractivity contribution is 0.567. The van der Waals surface area contributed by atoms with Crippen LogP contribution in [0.2, 0.25) is 5.02 Å². The first-order chi connectivity index (χ1) is 7.14. The zero-order chi connectivity index (χ0) is 10.9. The number of benzene rings is 1. The van der Waals surface area contributed by atoms with E-state index in [1.54, 1.807) is 0 Å². The van der Waals surface area contributed by atoms with E-state index in [1.165, 1.54) is 0 Å². The Labute approximate surface area is 94.9 Å². The summed E-state index contributed by atoms with van der Waals surface area (Å²) >= 11 is 5.80. The topological polar surface area (TPSA) is 35.8 Å². The Balaban J connectivity index is 2.13. The molecule has 0 radical (unpaired) electrons. The highest BCUT2D eigenvalue weighted by molar-refractivity contribution is 6.30. The number of hydrogen-bond donors (Lipinski definition) is 1. The van der Waals surface area contributed by atoms with Crippen LogP contribution in [0.5, 0.6) is 0 Å². The Morgan fingerprint density at radius 3 is 2.47 bits per heavy atom. The molecule has 1 unspecified atom stereocenters. The molecule has 2 nitrogen and oxygen atoms in total. The molecule has 0 bridgehead atoms. The van der Waals surface area contributed by atoms with Crippen molar-refractivity contribution in [2.45, 2.75) is 25.3 Å². The number of halogens is 1. The van der Waals surface area contributed by atoms with Crippen LogP contribution in [0, 0.1) is 17.2 Å². The number of rotatable bonds is 3. The SMILES string of the molecule is CC(C#N)(Nc1ccc(Cl)cc1)C1CC1. The van der Waals surface area contributed by atoms with Crippen LogP contribution in [0.25, 0.3) is 0 Å². The summed E-state index contributed by atoms with van der Waals surface area (Å²) in [6.45, 7) is 1.96. The lowest BCUT2D eigenvalue weighted by Gasteiger charge is -2.24. The number of nitrogens with zero attached hydrogens (tertiary/aromatic N) is 1. The quantitative estimate of drug-likeness (QED) is 0.847. The fourth-order valence-corrected chi connectivity index (χ4v) is 1.84. The van der Waals surface area contributed by atoms with Gasteiger partial charge in [-0.05, 0) is 49.9 Å². The summed E-state index contributed by atoms with van der Waals surface area (Å²) in [6.07, 6.45) is 2.29. The molecule has 1 aliphatic carbocycles. The van der Waals surface area contributed by atoms with E-state index < -0.39 is 5.54 Å². The van der Waals surface area contributed by atoms with Gasteiger partial charge in [-0.3, -0.25) is 0 Å². The van der Waals surface area contributed by atoms with Crippen molar-refractivity contribution in [3.8, 4) is 6.07 Å². The molecule has 0 heterocycles. The van der Waals surface area contributed by atoms with Crippen molar-refractivity contribution in [1.82, 2.24) is 0 Å². The molecular formula is C12H13ClN2. The van der Waals surface area contributed by atoms with Gasteiger partial charge in [-0.2, -0.15) is 5.26 Å². The molecule has 3 heteroatoms. The third kappa shape index (κ3) is 2.24. The molecule has 1 aliphatic rings. The van der Waals surface area contributed by atoms with Gasteiger partial charge in [0.05, 0.1) is 6.07 Å². The molecule has 1 aromatic rings. The Morgan fingerprint density at radius 1 is 1.40 bits per heavy atom. The highest BCUT2D eigenvalue weighted by Crippen LogP contribution is 2.41. The second-order valence-electron chi connectivity index (χ2n) is 4.22. The van der Waals surface area contributed by atoms with E-state index in [2.05, 4.69) is 11.4 Å². The van der Waals surface area contributed by atoms with Crippen molar-refractivity contribution in [2.24, 2.45) is 5.92 Å². The average molecular weight is 221 g/mol. The normalized spacial score (nSPS) is 19.0.